The normalized spacial score (nSPS) is 10.9. The van der Waals surface area contributed by atoms with Gasteiger partial charge in [-0.3, -0.25) is 14.9 Å². The minimum atomic E-state index is -0.533. The number of nitrogens with one attached hydrogen (secondary N) is 2. The van der Waals surface area contributed by atoms with E-state index in [2.05, 4.69) is 15.3 Å². The fourth-order valence-corrected chi connectivity index (χ4v) is 3.01. The highest BCUT2D eigenvalue weighted by atomic mass is 19.1. The van der Waals surface area contributed by atoms with Gasteiger partial charge in [0.2, 0.25) is 0 Å². The molecule has 0 aliphatic carbocycles. The van der Waals surface area contributed by atoms with E-state index in [9.17, 15) is 19.3 Å². The molecule has 0 unspecified atom stereocenters. The summed E-state index contributed by atoms with van der Waals surface area (Å²) >= 11 is 0. The summed E-state index contributed by atoms with van der Waals surface area (Å²) in [7, 11) is 1.60. The molecule has 0 fully saturated rings. The highest BCUT2D eigenvalue weighted by Crippen LogP contribution is 2.35. The lowest BCUT2D eigenvalue weighted by Gasteiger charge is -2.13. The van der Waals surface area contributed by atoms with Crippen molar-refractivity contribution in [3.8, 4) is 11.1 Å². The third-order valence-electron chi connectivity index (χ3n) is 4.38. The lowest BCUT2D eigenvalue weighted by molar-refractivity contribution is -0.385. The average Bonchev–Trinajstić information content (AvgIpc) is 3.17. The molecule has 28 heavy (non-hydrogen) atoms. The van der Waals surface area contributed by atoms with E-state index in [1.54, 1.807) is 25.5 Å². The van der Waals surface area contributed by atoms with Crippen molar-refractivity contribution in [3.05, 3.63) is 81.3 Å². The van der Waals surface area contributed by atoms with Crippen LogP contribution < -0.4 is 10.9 Å². The maximum absolute atomic E-state index is 13.2. The predicted molar refractivity (Wildman–Crippen MR) is 103 cm³/mol. The molecule has 0 bridgehead atoms. The summed E-state index contributed by atoms with van der Waals surface area (Å²) in [6, 6.07) is 8.79. The van der Waals surface area contributed by atoms with Crippen molar-refractivity contribution in [2.24, 2.45) is 7.05 Å². The average molecular weight is 379 g/mol. The molecular weight excluding hydrogens is 365 g/mol. The van der Waals surface area contributed by atoms with Gasteiger partial charge in [0.05, 0.1) is 4.92 Å². The maximum Gasteiger partial charge on any atom is 0.288 e. The number of benzene rings is 1. The Morgan fingerprint density at radius 3 is 2.68 bits per heavy atom. The minimum Gasteiger partial charge on any atom is -0.357 e. The van der Waals surface area contributed by atoms with Crippen LogP contribution >= 0.6 is 0 Å². The second-order valence-electron chi connectivity index (χ2n) is 6.20. The topological polar surface area (TPSA) is 106 Å². The molecule has 0 radical (unpaired) electrons. The first-order valence-corrected chi connectivity index (χ1v) is 8.28. The Labute approximate surface area is 157 Å². The lowest BCUT2D eigenvalue weighted by atomic mass is 10.0. The number of hydrogen-bond donors (Lipinski definition) is 2. The Hall–Kier alpha value is -4.01. The van der Waals surface area contributed by atoms with Gasteiger partial charge >= 0.3 is 0 Å². The first-order valence-electron chi connectivity index (χ1n) is 8.28. The number of fused-ring (bicyclic) bond motifs is 1. The highest BCUT2D eigenvalue weighted by Gasteiger charge is 2.18. The number of aromatic nitrogens is 3. The van der Waals surface area contributed by atoms with Gasteiger partial charge in [-0.1, -0.05) is 0 Å². The van der Waals surface area contributed by atoms with Crippen molar-refractivity contribution in [1.82, 2.24) is 14.5 Å². The second kappa shape index (κ2) is 6.62. The molecule has 8 nitrogen and oxygen atoms in total. The smallest absolute Gasteiger partial charge is 0.288 e. The highest BCUT2D eigenvalue weighted by molar-refractivity contribution is 5.97. The molecule has 9 heteroatoms. The van der Waals surface area contributed by atoms with Gasteiger partial charge in [0.15, 0.2) is 0 Å². The largest absolute Gasteiger partial charge is 0.357 e. The van der Waals surface area contributed by atoms with Crippen LogP contribution in [0.15, 0.2) is 59.8 Å². The van der Waals surface area contributed by atoms with Crippen molar-refractivity contribution in [2.45, 2.75) is 0 Å². The van der Waals surface area contributed by atoms with Gasteiger partial charge in [0.1, 0.15) is 23.3 Å². The zero-order valence-corrected chi connectivity index (χ0v) is 14.6. The molecule has 0 aliphatic rings. The quantitative estimate of drug-likeness (QED) is 0.415. The number of aromatic amines is 1. The fraction of sp³-hybridized carbons (Fsp3) is 0.0526. The number of H-pyrrole nitrogens is 1. The van der Waals surface area contributed by atoms with Crippen LogP contribution in [0, 0.1) is 15.9 Å². The molecule has 4 rings (SSSR count). The molecule has 3 heterocycles. The number of nitrogens with zero attached hydrogens (tertiary/aromatic N) is 3. The van der Waals surface area contributed by atoms with Crippen molar-refractivity contribution in [1.29, 1.82) is 0 Å². The summed E-state index contributed by atoms with van der Waals surface area (Å²) in [5.74, 6) is -0.0344. The molecule has 0 saturated heterocycles. The van der Waals surface area contributed by atoms with Gasteiger partial charge in [0, 0.05) is 47.7 Å². The Morgan fingerprint density at radius 2 is 1.96 bits per heavy atom. The van der Waals surface area contributed by atoms with Crippen LogP contribution in [0.3, 0.4) is 0 Å². The van der Waals surface area contributed by atoms with Gasteiger partial charge in [-0.05, 0) is 30.3 Å². The Morgan fingerprint density at radius 1 is 1.21 bits per heavy atom. The number of pyridine rings is 2. The first-order chi connectivity index (χ1) is 13.4. The first kappa shape index (κ1) is 17.4. The van der Waals surface area contributed by atoms with Gasteiger partial charge in [-0.15, -0.1) is 0 Å². The molecule has 1 aromatic carbocycles. The number of rotatable bonds is 4. The summed E-state index contributed by atoms with van der Waals surface area (Å²) in [6.07, 6.45) is 4.38. The van der Waals surface area contributed by atoms with E-state index in [1.165, 1.54) is 34.9 Å². The molecule has 0 spiro atoms. The number of nitro groups is 1. The standard InChI is InChI=1S/C19H14FN5O3/c1-24-10-16(14-6-7-21-17(14)19(24)26)15-8-13(25(27)28)9-22-18(15)23-12-4-2-11(20)3-5-12/h2-10,21H,1H3,(H,22,23). The zero-order chi connectivity index (χ0) is 19.8. The number of anilines is 2. The Kier molecular flexibility index (Phi) is 4.11. The van der Waals surface area contributed by atoms with Crippen molar-refractivity contribution in [2.75, 3.05) is 5.32 Å². The van der Waals surface area contributed by atoms with Crippen LogP contribution in [0.2, 0.25) is 0 Å². The third-order valence-corrected chi connectivity index (χ3v) is 4.38. The molecule has 0 atom stereocenters. The number of halogens is 1. The molecule has 3 aromatic heterocycles. The van der Waals surface area contributed by atoms with Gasteiger partial charge in [-0.25, -0.2) is 9.37 Å². The van der Waals surface area contributed by atoms with E-state index in [0.29, 0.717) is 33.5 Å². The van der Waals surface area contributed by atoms with E-state index in [1.807, 2.05) is 0 Å². The van der Waals surface area contributed by atoms with Crippen LogP contribution in [0.4, 0.5) is 21.6 Å². The molecule has 0 aliphatic heterocycles. The van der Waals surface area contributed by atoms with Gasteiger partial charge in [0.25, 0.3) is 11.2 Å². The second-order valence-corrected chi connectivity index (χ2v) is 6.20. The van der Waals surface area contributed by atoms with E-state index in [-0.39, 0.29) is 17.1 Å². The van der Waals surface area contributed by atoms with Gasteiger partial charge < -0.3 is 14.9 Å². The third kappa shape index (κ3) is 2.98. The molecular formula is C19H14FN5O3. The monoisotopic (exact) mass is 379 g/mol. The fourth-order valence-electron chi connectivity index (χ4n) is 3.01. The Bertz CT molecular complexity index is 1260. The zero-order valence-electron chi connectivity index (χ0n) is 14.6. The van der Waals surface area contributed by atoms with Crippen molar-refractivity contribution < 1.29 is 9.31 Å². The number of hydrogen-bond acceptors (Lipinski definition) is 5. The summed E-state index contributed by atoms with van der Waals surface area (Å²) in [4.78, 5) is 30.1. The molecule has 0 amide bonds. The maximum atomic E-state index is 13.2. The Balaban J connectivity index is 1.94. The number of aryl methyl sites for hydroxylation is 1. The van der Waals surface area contributed by atoms with Crippen LogP contribution in [-0.4, -0.2) is 19.5 Å². The summed E-state index contributed by atoms with van der Waals surface area (Å²) in [6.45, 7) is 0. The van der Waals surface area contributed by atoms with Crippen LogP contribution in [0.1, 0.15) is 0 Å². The van der Waals surface area contributed by atoms with E-state index >= 15 is 0 Å². The van der Waals surface area contributed by atoms with E-state index in [4.69, 9.17) is 0 Å². The molecule has 0 saturated carbocycles. The SMILES string of the molecule is Cn1cc(-c2cc([N+](=O)[O-])cnc2Nc2ccc(F)cc2)c2cc[nH]c2c1=O. The molecule has 2 N–H and O–H groups in total. The molecule has 140 valence electrons. The minimum absolute atomic E-state index is 0.183. The van der Waals surface area contributed by atoms with Crippen molar-refractivity contribution in [3.63, 3.8) is 0 Å². The van der Waals surface area contributed by atoms with Crippen molar-refractivity contribution >= 4 is 28.1 Å². The van der Waals surface area contributed by atoms with E-state index < -0.39 is 4.92 Å². The van der Waals surface area contributed by atoms with Crippen LogP contribution in [-0.2, 0) is 7.05 Å². The van der Waals surface area contributed by atoms with Gasteiger partial charge in [-0.2, -0.15) is 0 Å². The summed E-state index contributed by atoms with van der Waals surface area (Å²) in [5.41, 5.74) is 1.60. The predicted octanol–water partition coefficient (Wildman–Crippen LogP) is 3.72. The van der Waals surface area contributed by atoms with Crippen LogP contribution in [0.5, 0.6) is 0 Å². The summed E-state index contributed by atoms with van der Waals surface area (Å²) < 4.78 is 14.6. The van der Waals surface area contributed by atoms with E-state index in [0.717, 1.165) is 6.20 Å². The lowest BCUT2D eigenvalue weighted by Crippen LogP contribution is -2.16. The van der Waals surface area contributed by atoms with Crippen LogP contribution in [0.25, 0.3) is 22.0 Å². The molecule has 4 aromatic rings. The summed E-state index contributed by atoms with van der Waals surface area (Å²) in [5, 5.41) is 14.9.